The van der Waals surface area contributed by atoms with Gasteiger partial charge in [-0.3, -0.25) is 0 Å². The highest BCUT2D eigenvalue weighted by atomic mass is 16.5. The zero-order chi connectivity index (χ0) is 18.6. The number of morpholine rings is 1. The number of aromatic amines is 1. The molecule has 1 aliphatic rings. The number of anilines is 1. The van der Waals surface area contributed by atoms with Crippen molar-refractivity contribution in [3.8, 4) is 5.75 Å². The molecular weight excluding hydrogens is 342 g/mol. The first-order valence-corrected chi connectivity index (χ1v) is 9.27. The lowest BCUT2D eigenvalue weighted by atomic mass is 10.0. The third-order valence-corrected chi connectivity index (χ3v) is 4.85. The molecule has 1 aromatic heterocycles. The van der Waals surface area contributed by atoms with Crippen LogP contribution in [-0.2, 0) is 9.53 Å². The van der Waals surface area contributed by atoms with Gasteiger partial charge in [0, 0.05) is 5.69 Å². The van der Waals surface area contributed by atoms with E-state index in [-0.39, 0.29) is 12.1 Å². The lowest BCUT2D eigenvalue weighted by Gasteiger charge is -2.41. The minimum Gasteiger partial charge on any atom is -0.494 e. The lowest BCUT2D eigenvalue weighted by Crippen LogP contribution is -2.48. The Balaban J connectivity index is 1.67. The second-order valence-electron chi connectivity index (χ2n) is 6.69. The van der Waals surface area contributed by atoms with Crippen molar-refractivity contribution in [2.24, 2.45) is 0 Å². The van der Waals surface area contributed by atoms with Crippen LogP contribution in [0, 0.1) is 0 Å². The Morgan fingerprint density at radius 2 is 2.11 bits per heavy atom. The smallest absolute Gasteiger partial charge is 0.144 e. The quantitative estimate of drug-likeness (QED) is 0.677. The summed E-state index contributed by atoms with van der Waals surface area (Å²) in [5.41, 5.74) is 3.92. The van der Waals surface area contributed by atoms with Crippen molar-refractivity contribution in [3.63, 3.8) is 0 Å². The van der Waals surface area contributed by atoms with E-state index in [1.54, 1.807) is 6.33 Å². The van der Waals surface area contributed by atoms with Gasteiger partial charge in [-0.15, -0.1) is 0 Å². The van der Waals surface area contributed by atoms with Crippen molar-refractivity contribution in [2.75, 3.05) is 24.7 Å². The number of nitrogens with one attached hydrogen (secondary N) is 1. The number of imidazole rings is 1. The van der Waals surface area contributed by atoms with Crippen molar-refractivity contribution in [1.82, 2.24) is 9.97 Å². The second kappa shape index (κ2) is 7.80. The number of nitrogens with zero attached hydrogens (tertiary/aromatic N) is 2. The van der Waals surface area contributed by atoms with Crippen LogP contribution in [0.2, 0.25) is 0 Å². The SMILES string of the molecule is CCCOc1ccc([C@H]2COCC(C=O)N2c2ccc3nc[nH]c3c2)cc1. The molecule has 6 nitrogen and oxygen atoms in total. The fraction of sp³-hybridized carbons (Fsp3) is 0.333. The first-order chi connectivity index (χ1) is 13.3. The molecule has 1 unspecified atom stereocenters. The van der Waals surface area contributed by atoms with Crippen molar-refractivity contribution < 1.29 is 14.3 Å². The van der Waals surface area contributed by atoms with E-state index in [1.165, 1.54) is 0 Å². The van der Waals surface area contributed by atoms with Gasteiger partial charge in [-0.05, 0) is 42.3 Å². The third-order valence-electron chi connectivity index (χ3n) is 4.85. The predicted octanol–water partition coefficient (Wildman–Crippen LogP) is 3.50. The molecule has 0 saturated carbocycles. The van der Waals surface area contributed by atoms with Crippen LogP contribution in [0.5, 0.6) is 5.75 Å². The van der Waals surface area contributed by atoms with Gasteiger partial charge in [-0.25, -0.2) is 4.98 Å². The molecular formula is C21H23N3O3. The Bertz CT molecular complexity index is 906. The normalized spacial score (nSPS) is 20.0. The molecule has 0 aliphatic carbocycles. The average molecular weight is 365 g/mol. The van der Waals surface area contributed by atoms with E-state index in [0.717, 1.165) is 40.7 Å². The van der Waals surface area contributed by atoms with Crippen LogP contribution in [0.3, 0.4) is 0 Å². The van der Waals surface area contributed by atoms with E-state index in [4.69, 9.17) is 9.47 Å². The summed E-state index contributed by atoms with van der Waals surface area (Å²) in [7, 11) is 0. The van der Waals surface area contributed by atoms with Gasteiger partial charge in [0.15, 0.2) is 0 Å². The maximum absolute atomic E-state index is 11.7. The molecule has 0 spiro atoms. The Hall–Kier alpha value is -2.86. The first-order valence-electron chi connectivity index (χ1n) is 9.27. The molecule has 6 heteroatoms. The predicted molar refractivity (Wildman–Crippen MR) is 104 cm³/mol. The zero-order valence-corrected chi connectivity index (χ0v) is 15.3. The van der Waals surface area contributed by atoms with Crippen LogP contribution in [-0.4, -0.2) is 42.1 Å². The molecule has 0 amide bonds. The zero-order valence-electron chi connectivity index (χ0n) is 15.3. The van der Waals surface area contributed by atoms with Gasteiger partial charge >= 0.3 is 0 Å². The van der Waals surface area contributed by atoms with Crippen LogP contribution in [0.4, 0.5) is 5.69 Å². The second-order valence-corrected chi connectivity index (χ2v) is 6.69. The van der Waals surface area contributed by atoms with Crippen LogP contribution >= 0.6 is 0 Å². The van der Waals surface area contributed by atoms with Crippen LogP contribution < -0.4 is 9.64 Å². The Morgan fingerprint density at radius 1 is 1.26 bits per heavy atom. The topological polar surface area (TPSA) is 67.5 Å². The standard InChI is InChI=1S/C21H23N3O3/c1-2-9-27-18-6-3-15(4-7-18)21-13-26-12-17(11-25)24(21)16-5-8-19-20(10-16)23-14-22-19/h3-8,10-11,14,17,21H,2,9,12-13H2,1H3,(H,22,23)/t17?,21-/m1/s1. The summed E-state index contributed by atoms with van der Waals surface area (Å²) in [5, 5.41) is 0. The highest BCUT2D eigenvalue weighted by Crippen LogP contribution is 2.34. The van der Waals surface area contributed by atoms with Gasteiger partial charge in [0.05, 0.1) is 43.2 Å². The van der Waals surface area contributed by atoms with Gasteiger partial charge in [0.2, 0.25) is 0 Å². The molecule has 2 aromatic carbocycles. The summed E-state index contributed by atoms with van der Waals surface area (Å²) in [6.45, 7) is 3.70. The van der Waals surface area contributed by atoms with Crippen LogP contribution in [0.15, 0.2) is 48.8 Å². The summed E-state index contributed by atoms with van der Waals surface area (Å²) in [4.78, 5) is 21.3. The molecule has 3 aromatic rings. The molecule has 0 radical (unpaired) electrons. The number of aldehydes is 1. The largest absolute Gasteiger partial charge is 0.494 e. The number of carbonyl (C=O) groups excluding carboxylic acids is 1. The molecule has 140 valence electrons. The molecule has 1 fully saturated rings. The fourth-order valence-electron chi connectivity index (χ4n) is 3.52. The maximum Gasteiger partial charge on any atom is 0.144 e. The molecule has 1 aliphatic heterocycles. The number of H-pyrrole nitrogens is 1. The summed E-state index contributed by atoms with van der Waals surface area (Å²) < 4.78 is 11.4. The van der Waals surface area contributed by atoms with E-state index >= 15 is 0 Å². The van der Waals surface area contributed by atoms with E-state index in [1.807, 2.05) is 42.5 Å². The summed E-state index contributed by atoms with van der Waals surface area (Å²) in [5.74, 6) is 0.856. The third kappa shape index (κ3) is 3.53. The lowest BCUT2D eigenvalue weighted by molar-refractivity contribution is -0.111. The molecule has 0 bridgehead atoms. The molecule has 1 saturated heterocycles. The minimum atomic E-state index is -0.333. The number of rotatable bonds is 6. The monoisotopic (exact) mass is 365 g/mol. The van der Waals surface area contributed by atoms with E-state index < -0.39 is 0 Å². The van der Waals surface area contributed by atoms with Gasteiger partial charge in [-0.2, -0.15) is 0 Å². The number of benzene rings is 2. The van der Waals surface area contributed by atoms with E-state index in [2.05, 4.69) is 21.8 Å². The van der Waals surface area contributed by atoms with Crippen molar-refractivity contribution in [1.29, 1.82) is 0 Å². The van der Waals surface area contributed by atoms with Crippen molar-refractivity contribution >= 4 is 23.0 Å². The summed E-state index contributed by atoms with van der Waals surface area (Å²) >= 11 is 0. The molecule has 2 atom stereocenters. The number of aromatic nitrogens is 2. The Kier molecular flexibility index (Phi) is 5.07. The van der Waals surface area contributed by atoms with E-state index in [0.29, 0.717) is 19.8 Å². The minimum absolute atomic E-state index is 0.0467. The number of carbonyl (C=O) groups is 1. The van der Waals surface area contributed by atoms with Crippen molar-refractivity contribution in [2.45, 2.75) is 25.4 Å². The Morgan fingerprint density at radius 3 is 2.89 bits per heavy atom. The van der Waals surface area contributed by atoms with E-state index in [9.17, 15) is 4.79 Å². The number of hydrogen-bond acceptors (Lipinski definition) is 5. The van der Waals surface area contributed by atoms with Gasteiger partial charge in [0.1, 0.15) is 18.1 Å². The van der Waals surface area contributed by atoms with Gasteiger partial charge < -0.3 is 24.2 Å². The van der Waals surface area contributed by atoms with Crippen LogP contribution in [0.25, 0.3) is 11.0 Å². The number of hydrogen-bond donors (Lipinski definition) is 1. The van der Waals surface area contributed by atoms with Gasteiger partial charge in [0.25, 0.3) is 0 Å². The molecule has 27 heavy (non-hydrogen) atoms. The number of fused-ring (bicyclic) bond motifs is 1. The highest BCUT2D eigenvalue weighted by Gasteiger charge is 2.32. The van der Waals surface area contributed by atoms with Crippen molar-refractivity contribution in [3.05, 3.63) is 54.4 Å². The maximum atomic E-state index is 11.7. The summed E-state index contributed by atoms with van der Waals surface area (Å²) in [6.07, 6.45) is 3.61. The fourth-order valence-corrected chi connectivity index (χ4v) is 3.52. The first kappa shape index (κ1) is 17.5. The highest BCUT2D eigenvalue weighted by molar-refractivity contribution is 5.80. The Labute approximate surface area is 158 Å². The number of ether oxygens (including phenoxy) is 2. The average Bonchev–Trinajstić information content (AvgIpc) is 3.20. The van der Waals surface area contributed by atoms with Gasteiger partial charge in [-0.1, -0.05) is 19.1 Å². The molecule has 2 heterocycles. The van der Waals surface area contributed by atoms with Crippen LogP contribution in [0.1, 0.15) is 24.9 Å². The molecule has 1 N–H and O–H groups in total. The summed E-state index contributed by atoms with van der Waals surface area (Å²) in [6, 6.07) is 13.7. The molecule has 4 rings (SSSR count).